The largest absolute Gasteiger partial charge is 0.368 e. The number of fused-ring (bicyclic) bond motifs is 1. The van der Waals surface area contributed by atoms with Crippen LogP contribution in [0.2, 0.25) is 0 Å². The van der Waals surface area contributed by atoms with Gasteiger partial charge in [0.15, 0.2) is 0 Å². The molecule has 2 aromatic rings. The maximum Gasteiger partial charge on any atom is 0.234 e. The molecule has 24 heavy (non-hydrogen) atoms. The van der Waals surface area contributed by atoms with Crippen molar-refractivity contribution in [3.63, 3.8) is 0 Å². The molecule has 4 rings (SSSR count). The number of amides is 2. The molecule has 0 saturated carbocycles. The fourth-order valence-corrected chi connectivity index (χ4v) is 3.65. The van der Waals surface area contributed by atoms with E-state index in [1.54, 1.807) is 6.20 Å². The molecule has 0 bridgehead atoms. The Balaban J connectivity index is 1.78. The smallest absolute Gasteiger partial charge is 0.234 e. The lowest BCUT2D eigenvalue weighted by Crippen LogP contribution is -2.43. The summed E-state index contributed by atoms with van der Waals surface area (Å²) in [6, 6.07) is 6.19. The number of nitrogens with one attached hydrogen (secondary N) is 2. The number of rotatable bonds is 2. The van der Waals surface area contributed by atoms with Crippen molar-refractivity contribution in [2.75, 3.05) is 31.1 Å². The summed E-state index contributed by atoms with van der Waals surface area (Å²) in [5.41, 5.74) is 2.07. The molecule has 3 heterocycles. The zero-order chi connectivity index (χ0) is 16.5. The molecule has 1 unspecified atom stereocenters. The van der Waals surface area contributed by atoms with Crippen LogP contribution in [0, 0.1) is 0 Å². The summed E-state index contributed by atoms with van der Waals surface area (Å²) >= 11 is 0. The van der Waals surface area contributed by atoms with Gasteiger partial charge in [-0.3, -0.25) is 19.9 Å². The second-order valence-electron chi connectivity index (χ2n) is 6.34. The number of aromatic nitrogens is 1. The minimum Gasteiger partial charge on any atom is -0.368 e. The van der Waals surface area contributed by atoms with E-state index in [0.717, 1.165) is 48.2 Å². The zero-order valence-electron chi connectivity index (χ0n) is 13.4. The van der Waals surface area contributed by atoms with E-state index in [4.69, 9.17) is 0 Å². The molecule has 2 fully saturated rings. The molecular formula is C18H20N4O2. The number of carbonyl (C=O) groups excluding carboxylic acids is 2. The van der Waals surface area contributed by atoms with E-state index in [1.807, 2.05) is 18.3 Å². The zero-order valence-corrected chi connectivity index (χ0v) is 13.4. The van der Waals surface area contributed by atoms with Crippen LogP contribution in [0.5, 0.6) is 0 Å². The Morgan fingerprint density at radius 2 is 1.92 bits per heavy atom. The Morgan fingerprint density at radius 3 is 2.71 bits per heavy atom. The molecule has 0 spiro atoms. The van der Waals surface area contributed by atoms with Crippen LogP contribution in [0.3, 0.4) is 0 Å². The van der Waals surface area contributed by atoms with E-state index in [2.05, 4.69) is 26.6 Å². The summed E-state index contributed by atoms with van der Waals surface area (Å²) in [7, 11) is 0. The Hall–Kier alpha value is -2.47. The number of carbonyl (C=O) groups is 2. The van der Waals surface area contributed by atoms with Crippen molar-refractivity contribution in [3.8, 4) is 0 Å². The first-order valence-electron chi connectivity index (χ1n) is 8.40. The summed E-state index contributed by atoms with van der Waals surface area (Å²) < 4.78 is 0. The molecule has 1 aromatic carbocycles. The van der Waals surface area contributed by atoms with E-state index in [-0.39, 0.29) is 17.7 Å². The summed E-state index contributed by atoms with van der Waals surface area (Å²) in [5.74, 6) is -0.712. The normalized spacial score (nSPS) is 21.8. The van der Waals surface area contributed by atoms with Crippen molar-refractivity contribution < 1.29 is 9.59 Å². The molecule has 6 heteroatoms. The highest BCUT2D eigenvalue weighted by Crippen LogP contribution is 2.34. The highest BCUT2D eigenvalue weighted by Gasteiger charge is 2.29. The standard InChI is InChI=1S/C18H20N4O2/c23-17-5-4-13(18(24)21-17)14-10-20-11-15-12(14)2-1-3-16(15)22-8-6-19-7-9-22/h1-3,10-11,13,19H,4-9H2,(H,21,23,24). The molecule has 2 aliphatic rings. The SMILES string of the molecule is O=C1CCC(c2cncc3c(N4CCNCC4)cccc23)C(=O)N1. The van der Waals surface area contributed by atoms with Crippen molar-refractivity contribution >= 4 is 28.3 Å². The molecule has 1 aromatic heterocycles. The number of piperazine rings is 1. The number of piperidine rings is 1. The van der Waals surface area contributed by atoms with Crippen LogP contribution in [0.1, 0.15) is 24.3 Å². The predicted molar refractivity (Wildman–Crippen MR) is 92.0 cm³/mol. The van der Waals surface area contributed by atoms with Crippen LogP contribution in [-0.4, -0.2) is 43.0 Å². The van der Waals surface area contributed by atoms with Gasteiger partial charge in [0.1, 0.15) is 0 Å². The van der Waals surface area contributed by atoms with Crippen LogP contribution in [-0.2, 0) is 9.59 Å². The first-order chi connectivity index (χ1) is 11.7. The third kappa shape index (κ3) is 2.63. The van der Waals surface area contributed by atoms with Gasteiger partial charge in [0.05, 0.1) is 5.92 Å². The first-order valence-corrected chi connectivity index (χ1v) is 8.40. The lowest BCUT2D eigenvalue weighted by atomic mass is 9.88. The lowest BCUT2D eigenvalue weighted by Gasteiger charge is -2.31. The van der Waals surface area contributed by atoms with Gasteiger partial charge in [-0.25, -0.2) is 0 Å². The maximum atomic E-state index is 12.3. The number of anilines is 1. The Labute approximate surface area is 140 Å². The summed E-state index contributed by atoms with van der Waals surface area (Å²) in [4.78, 5) is 30.4. The first kappa shape index (κ1) is 15.1. The molecule has 2 amide bonds. The average molecular weight is 324 g/mol. The van der Waals surface area contributed by atoms with Gasteiger partial charge < -0.3 is 10.2 Å². The van der Waals surface area contributed by atoms with Gasteiger partial charge in [0.2, 0.25) is 11.8 Å². The van der Waals surface area contributed by atoms with E-state index >= 15 is 0 Å². The van der Waals surface area contributed by atoms with Gasteiger partial charge in [-0.15, -0.1) is 0 Å². The quantitative estimate of drug-likeness (QED) is 0.811. The lowest BCUT2D eigenvalue weighted by molar-refractivity contribution is -0.134. The molecular weight excluding hydrogens is 304 g/mol. The van der Waals surface area contributed by atoms with Crippen LogP contribution < -0.4 is 15.5 Å². The van der Waals surface area contributed by atoms with Gasteiger partial charge in [-0.05, 0) is 23.4 Å². The highest BCUT2D eigenvalue weighted by molar-refractivity contribution is 6.04. The van der Waals surface area contributed by atoms with Crippen molar-refractivity contribution in [2.24, 2.45) is 0 Å². The van der Waals surface area contributed by atoms with Crippen molar-refractivity contribution in [1.82, 2.24) is 15.6 Å². The monoisotopic (exact) mass is 324 g/mol. The second kappa shape index (κ2) is 6.20. The summed E-state index contributed by atoms with van der Waals surface area (Å²) in [6.45, 7) is 3.86. The fraction of sp³-hybridized carbons (Fsp3) is 0.389. The molecule has 124 valence electrons. The summed E-state index contributed by atoms with van der Waals surface area (Å²) in [5, 5.41) is 7.93. The van der Waals surface area contributed by atoms with Crippen LogP contribution >= 0.6 is 0 Å². The molecule has 2 N–H and O–H groups in total. The van der Waals surface area contributed by atoms with E-state index in [9.17, 15) is 9.59 Å². The minimum absolute atomic E-state index is 0.189. The molecule has 6 nitrogen and oxygen atoms in total. The van der Waals surface area contributed by atoms with Crippen molar-refractivity contribution in [2.45, 2.75) is 18.8 Å². The Bertz CT molecular complexity index is 799. The third-order valence-corrected chi connectivity index (χ3v) is 4.88. The number of imide groups is 1. The summed E-state index contributed by atoms with van der Waals surface area (Å²) in [6.07, 6.45) is 4.57. The van der Waals surface area contributed by atoms with E-state index in [1.165, 1.54) is 0 Å². The Kier molecular flexibility index (Phi) is 3.90. The minimum atomic E-state index is -0.308. The van der Waals surface area contributed by atoms with E-state index in [0.29, 0.717) is 12.8 Å². The molecule has 0 radical (unpaired) electrons. The number of pyridine rings is 1. The topological polar surface area (TPSA) is 74.3 Å². The molecule has 2 aliphatic heterocycles. The number of nitrogens with zero attached hydrogens (tertiary/aromatic N) is 2. The van der Waals surface area contributed by atoms with Gasteiger partial charge in [-0.1, -0.05) is 12.1 Å². The number of hydrogen-bond donors (Lipinski definition) is 2. The van der Waals surface area contributed by atoms with E-state index < -0.39 is 0 Å². The number of benzene rings is 1. The fourth-order valence-electron chi connectivity index (χ4n) is 3.65. The average Bonchev–Trinajstić information content (AvgIpc) is 2.62. The second-order valence-corrected chi connectivity index (χ2v) is 6.34. The molecule has 0 aliphatic carbocycles. The molecule has 1 atom stereocenters. The van der Waals surface area contributed by atoms with Gasteiger partial charge in [0.25, 0.3) is 0 Å². The number of hydrogen-bond acceptors (Lipinski definition) is 5. The third-order valence-electron chi connectivity index (χ3n) is 4.88. The van der Waals surface area contributed by atoms with Crippen LogP contribution in [0.15, 0.2) is 30.6 Å². The van der Waals surface area contributed by atoms with Gasteiger partial charge in [0, 0.05) is 56.1 Å². The van der Waals surface area contributed by atoms with Crippen LogP contribution in [0.25, 0.3) is 10.8 Å². The highest BCUT2D eigenvalue weighted by atomic mass is 16.2. The van der Waals surface area contributed by atoms with Crippen molar-refractivity contribution in [1.29, 1.82) is 0 Å². The predicted octanol–water partition coefficient (Wildman–Crippen LogP) is 1.16. The molecule has 2 saturated heterocycles. The van der Waals surface area contributed by atoms with Crippen LogP contribution in [0.4, 0.5) is 5.69 Å². The van der Waals surface area contributed by atoms with Crippen molar-refractivity contribution in [3.05, 3.63) is 36.2 Å². The van der Waals surface area contributed by atoms with Gasteiger partial charge >= 0.3 is 0 Å². The Morgan fingerprint density at radius 1 is 1.08 bits per heavy atom. The maximum absolute atomic E-state index is 12.3. The van der Waals surface area contributed by atoms with Gasteiger partial charge in [-0.2, -0.15) is 0 Å².